The maximum atomic E-state index is 11.9. The van der Waals surface area contributed by atoms with Crippen LogP contribution in [0.3, 0.4) is 0 Å². The third-order valence-corrected chi connectivity index (χ3v) is 3.30. The minimum atomic E-state index is -0.0140. The first-order valence-corrected chi connectivity index (χ1v) is 6.00. The molecular formula is C15H18N2O. The van der Waals surface area contributed by atoms with Crippen molar-refractivity contribution in [2.45, 2.75) is 27.3 Å². The number of hydrogen-bond acceptors (Lipinski definition) is 2. The summed E-state index contributed by atoms with van der Waals surface area (Å²) in [6.07, 6.45) is 1.72. The van der Waals surface area contributed by atoms with E-state index in [-0.39, 0.29) is 5.56 Å². The normalized spacial score (nSPS) is 10.6. The lowest BCUT2D eigenvalue weighted by atomic mass is 10.1. The number of nitrogens with two attached hydrogens (primary N) is 1. The number of pyridine rings is 1. The minimum Gasteiger partial charge on any atom is -0.397 e. The highest BCUT2D eigenvalue weighted by molar-refractivity contribution is 5.43. The van der Waals surface area contributed by atoms with Gasteiger partial charge in [-0.15, -0.1) is 0 Å². The van der Waals surface area contributed by atoms with Gasteiger partial charge in [0.25, 0.3) is 5.56 Å². The zero-order valence-corrected chi connectivity index (χ0v) is 11.0. The molecule has 0 aliphatic rings. The second-order valence-electron chi connectivity index (χ2n) is 4.80. The number of aromatic nitrogens is 1. The standard InChI is InChI=1S/C15H18N2O/c1-10-4-5-13(6-11(10)2)8-17-9-14(16)12(3)7-15(17)18/h4-7,9H,8,16H2,1-3H3. The van der Waals surface area contributed by atoms with Gasteiger partial charge in [0.05, 0.1) is 12.2 Å². The van der Waals surface area contributed by atoms with Crippen LogP contribution in [0.25, 0.3) is 0 Å². The highest BCUT2D eigenvalue weighted by Gasteiger charge is 2.02. The van der Waals surface area contributed by atoms with Gasteiger partial charge in [0.2, 0.25) is 0 Å². The average Bonchev–Trinajstić information content (AvgIpc) is 2.31. The SMILES string of the molecule is Cc1ccc(Cn2cc(N)c(C)cc2=O)cc1C. The van der Waals surface area contributed by atoms with Gasteiger partial charge in [-0.1, -0.05) is 18.2 Å². The smallest absolute Gasteiger partial charge is 0.251 e. The van der Waals surface area contributed by atoms with E-state index in [0.717, 1.165) is 11.1 Å². The largest absolute Gasteiger partial charge is 0.397 e. The van der Waals surface area contributed by atoms with Gasteiger partial charge in [-0.3, -0.25) is 4.79 Å². The number of hydrogen-bond donors (Lipinski definition) is 1. The molecule has 3 nitrogen and oxygen atoms in total. The van der Waals surface area contributed by atoms with Gasteiger partial charge in [-0.2, -0.15) is 0 Å². The Morgan fingerprint density at radius 3 is 2.44 bits per heavy atom. The van der Waals surface area contributed by atoms with Crippen LogP contribution in [0.1, 0.15) is 22.3 Å². The van der Waals surface area contributed by atoms with Gasteiger partial charge in [0, 0.05) is 12.3 Å². The Labute approximate surface area is 107 Å². The Bertz CT molecular complexity index is 641. The number of rotatable bonds is 2. The minimum absolute atomic E-state index is 0.0140. The number of benzene rings is 1. The lowest BCUT2D eigenvalue weighted by Crippen LogP contribution is -2.20. The van der Waals surface area contributed by atoms with E-state index in [1.54, 1.807) is 16.8 Å². The predicted octanol–water partition coefficient (Wildman–Crippen LogP) is 2.40. The van der Waals surface area contributed by atoms with Crippen LogP contribution in [0, 0.1) is 20.8 Å². The number of nitrogen functional groups attached to an aromatic ring is 1. The molecule has 1 heterocycles. The molecule has 0 unspecified atom stereocenters. The number of anilines is 1. The van der Waals surface area contributed by atoms with Crippen molar-refractivity contribution in [3.63, 3.8) is 0 Å². The second-order valence-corrected chi connectivity index (χ2v) is 4.80. The van der Waals surface area contributed by atoms with Crippen LogP contribution in [0.2, 0.25) is 0 Å². The molecule has 0 spiro atoms. The van der Waals surface area contributed by atoms with Crippen molar-refractivity contribution in [2.75, 3.05) is 5.73 Å². The first kappa shape index (κ1) is 12.4. The van der Waals surface area contributed by atoms with Crippen LogP contribution in [0.15, 0.2) is 35.3 Å². The zero-order chi connectivity index (χ0) is 13.3. The van der Waals surface area contributed by atoms with E-state index in [1.165, 1.54) is 11.1 Å². The number of aryl methyl sites for hydroxylation is 3. The van der Waals surface area contributed by atoms with Gasteiger partial charge >= 0.3 is 0 Å². The Hall–Kier alpha value is -2.03. The molecule has 2 rings (SSSR count). The Morgan fingerprint density at radius 2 is 1.78 bits per heavy atom. The maximum absolute atomic E-state index is 11.9. The van der Waals surface area contributed by atoms with Crippen LogP contribution in [-0.2, 0) is 6.54 Å². The van der Waals surface area contributed by atoms with E-state index in [4.69, 9.17) is 5.73 Å². The monoisotopic (exact) mass is 242 g/mol. The number of nitrogens with zero attached hydrogens (tertiary/aromatic N) is 1. The van der Waals surface area contributed by atoms with Crippen molar-refractivity contribution >= 4 is 5.69 Å². The predicted molar refractivity (Wildman–Crippen MR) is 74.9 cm³/mol. The second kappa shape index (κ2) is 4.69. The van der Waals surface area contributed by atoms with Gasteiger partial charge in [0.15, 0.2) is 0 Å². The molecule has 0 saturated heterocycles. The molecule has 1 aromatic heterocycles. The van der Waals surface area contributed by atoms with Gasteiger partial charge in [-0.05, 0) is 43.0 Å². The molecular weight excluding hydrogens is 224 g/mol. The molecule has 0 atom stereocenters. The molecule has 3 heteroatoms. The molecule has 0 radical (unpaired) electrons. The van der Waals surface area contributed by atoms with Gasteiger partial charge < -0.3 is 10.3 Å². The van der Waals surface area contributed by atoms with Crippen LogP contribution in [-0.4, -0.2) is 4.57 Å². The van der Waals surface area contributed by atoms with Crippen molar-refractivity contribution in [3.05, 3.63) is 63.1 Å². The quantitative estimate of drug-likeness (QED) is 0.879. The molecule has 0 fully saturated rings. The molecule has 0 aliphatic heterocycles. The molecule has 2 aromatic rings. The molecule has 0 aliphatic carbocycles. The Morgan fingerprint density at radius 1 is 1.06 bits per heavy atom. The molecule has 18 heavy (non-hydrogen) atoms. The topological polar surface area (TPSA) is 48.0 Å². The van der Waals surface area contributed by atoms with Crippen LogP contribution >= 0.6 is 0 Å². The summed E-state index contributed by atoms with van der Waals surface area (Å²) in [7, 11) is 0. The summed E-state index contributed by atoms with van der Waals surface area (Å²) >= 11 is 0. The average molecular weight is 242 g/mol. The van der Waals surface area contributed by atoms with Gasteiger partial charge in [-0.25, -0.2) is 0 Å². The van der Waals surface area contributed by atoms with Crippen molar-refractivity contribution < 1.29 is 0 Å². The van der Waals surface area contributed by atoms with E-state index in [1.807, 2.05) is 13.0 Å². The molecule has 0 amide bonds. The van der Waals surface area contributed by atoms with Crippen LogP contribution in [0.5, 0.6) is 0 Å². The third kappa shape index (κ3) is 2.45. The summed E-state index contributed by atoms with van der Waals surface area (Å²) in [6.45, 7) is 6.56. The van der Waals surface area contributed by atoms with E-state index in [9.17, 15) is 4.79 Å². The summed E-state index contributed by atoms with van der Waals surface area (Å²) < 4.78 is 1.65. The molecule has 0 bridgehead atoms. The highest BCUT2D eigenvalue weighted by Crippen LogP contribution is 2.12. The summed E-state index contributed by atoms with van der Waals surface area (Å²) in [6, 6.07) is 7.81. The molecule has 1 aromatic carbocycles. The third-order valence-electron chi connectivity index (χ3n) is 3.30. The fraction of sp³-hybridized carbons (Fsp3) is 0.267. The summed E-state index contributed by atoms with van der Waals surface area (Å²) in [4.78, 5) is 11.9. The first-order valence-electron chi connectivity index (χ1n) is 6.00. The van der Waals surface area contributed by atoms with E-state index < -0.39 is 0 Å². The van der Waals surface area contributed by atoms with Crippen molar-refractivity contribution in [1.82, 2.24) is 4.57 Å². The molecule has 2 N–H and O–H groups in total. The Kier molecular flexibility index (Phi) is 3.24. The summed E-state index contributed by atoms with van der Waals surface area (Å²) in [5.41, 5.74) is 10.9. The van der Waals surface area contributed by atoms with Gasteiger partial charge in [0.1, 0.15) is 0 Å². The van der Waals surface area contributed by atoms with E-state index in [2.05, 4.69) is 26.0 Å². The van der Waals surface area contributed by atoms with Crippen molar-refractivity contribution in [2.24, 2.45) is 0 Å². The molecule has 0 saturated carbocycles. The van der Waals surface area contributed by atoms with E-state index in [0.29, 0.717) is 12.2 Å². The van der Waals surface area contributed by atoms with Crippen molar-refractivity contribution in [3.8, 4) is 0 Å². The fourth-order valence-electron chi connectivity index (χ4n) is 1.91. The fourth-order valence-corrected chi connectivity index (χ4v) is 1.91. The molecule has 94 valence electrons. The highest BCUT2D eigenvalue weighted by atomic mass is 16.1. The van der Waals surface area contributed by atoms with Crippen molar-refractivity contribution in [1.29, 1.82) is 0 Å². The lowest BCUT2D eigenvalue weighted by molar-refractivity contribution is 0.758. The Balaban J connectivity index is 2.37. The van der Waals surface area contributed by atoms with Crippen LogP contribution < -0.4 is 11.3 Å². The summed E-state index contributed by atoms with van der Waals surface area (Å²) in [5.74, 6) is 0. The first-order chi connectivity index (χ1) is 8.47. The maximum Gasteiger partial charge on any atom is 0.251 e. The zero-order valence-electron chi connectivity index (χ0n) is 11.0. The lowest BCUT2D eigenvalue weighted by Gasteiger charge is -2.10. The summed E-state index contributed by atoms with van der Waals surface area (Å²) in [5, 5.41) is 0. The van der Waals surface area contributed by atoms with E-state index >= 15 is 0 Å². The van der Waals surface area contributed by atoms with Crippen LogP contribution in [0.4, 0.5) is 5.69 Å².